The zero-order valence-electron chi connectivity index (χ0n) is 17.5. The van der Waals surface area contributed by atoms with E-state index in [4.69, 9.17) is 4.74 Å². The first-order valence-electron chi connectivity index (χ1n) is 10.3. The van der Waals surface area contributed by atoms with Crippen LogP contribution in [-0.4, -0.2) is 59.5 Å². The average molecular weight is 402 g/mol. The van der Waals surface area contributed by atoms with E-state index in [-0.39, 0.29) is 36.3 Å². The van der Waals surface area contributed by atoms with Crippen LogP contribution in [0.15, 0.2) is 30.3 Å². The molecule has 0 aliphatic carbocycles. The molecule has 2 atom stereocenters. The van der Waals surface area contributed by atoms with E-state index >= 15 is 0 Å². The van der Waals surface area contributed by atoms with Crippen LogP contribution >= 0.6 is 0 Å². The zero-order chi connectivity index (χ0) is 21.0. The Hall–Kier alpha value is -2.57. The van der Waals surface area contributed by atoms with E-state index in [0.29, 0.717) is 26.2 Å². The first-order chi connectivity index (χ1) is 13.7. The molecular formula is C22H31N3O4. The van der Waals surface area contributed by atoms with Crippen LogP contribution in [0.3, 0.4) is 0 Å². The first kappa shape index (κ1) is 21.1. The minimum Gasteiger partial charge on any atom is -0.444 e. The summed E-state index contributed by atoms with van der Waals surface area (Å²) in [6.45, 7) is 7.37. The molecule has 0 saturated carbocycles. The second kappa shape index (κ2) is 8.84. The van der Waals surface area contributed by atoms with Gasteiger partial charge in [-0.25, -0.2) is 4.79 Å². The molecule has 3 rings (SSSR count). The van der Waals surface area contributed by atoms with E-state index in [2.05, 4.69) is 5.32 Å². The Bertz CT molecular complexity index is 744. The van der Waals surface area contributed by atoms with E-state index in [1.165, 1.54) is 0 Å². The zero-order valence-corrected chi connectivity index (χ0v) is 17.5. The topological polar surface area (TPSA) is 79.0 Å². The van der Waals surface area contributed by atoms with Crippen molar-refractivity contribution in [3.63, 3.8) is 0 Å². The Labute approximate surface area is 172 Å². The van der Waals surface area contributed by atoms with Crippen LogP contribution in [0.2, 0.25) is 0 Å². The van der Waals surface area contributed by atoms with Crippen molar-refractivity contribution >= 4 is 17.9 Å². The average Bonchev–Trinajstić information content (AvgIpc) is 2.88. The second-order valence-corrected chi connectivity index (χ2v) is 8.78. The van der Waals surface area contributed by atoms with Gasteiger partial charge in [-0.1, -0.05) is 30.3 Å². The Morgan fingerprint density at radius 1 is 1.14 bits per heavy atom. The van der Waals surface area contributed by atoms with Crippen LogP contribution < -0.4 is 5.32 Å². The van der Waals surface area contributed by atoms with Gasteiger partial charge in [-0.2, -0.15) is 0 Å². The van der Waals surface area contributed by atoms with E-state index < -0.39 is 5.60 Å². The van der Waals surface area contributed by atoms with E-state index in [1.807, 2.05) is 56.0 Å². The van der Waals surface area contributed by atoms with Gasteiger partial charge in [0.25, 0.3) is 0 Å². The maximum absolute atomic E-state index is 13.5. The highest BCUT2D eigenvalue weighted by Crippen LogP contribution is 2.29. The number of likely N-dealkylation sites (tertiary alicyclic amines) is 1. The maximum Gasteiger partial charge on any atom is 0.410 e. The molecule has 2 heterocycles. The summed E-state index contributed by atoms with van der Waals surface area (Å²) >= 11 is 0. The van der Waals surface area contributed by atoms with Crippen LogP contribution in [0, 0.1) is 5.92 Å². The van der Waals surface area contributed by atoms with Gasteiger partial charge >= 0.3 is 6.09 Å². The molecule has 0 aromatic heterocycles. The van der Waals surface area contributed by atoms with Crippen LogP contribution in [0.25, 0.3) is 0 Å². The lowest BCUT2D eigenvalue weighted by Crippen LogP contribution is -2.49. The molecule has 1 aromatic carbocycles. The number of ether oxygens (including phenoxy) is 1. The van der Waals surface area contributed by atoms with Gasteiger partial charge in [-0.3, -0.25) is 9.59 Å². The Morgan fingerprint density at radius 3 is 2.55 bits per heavy atom. The number of carbonyl (C=O) groups is 3. The molecule has 7 nitrogen and oxygen atoms in total. The fourth-order valence-corrected chi connectivity index (χ4v) is 3.97. The van der Waals surface area contributed by atoms with Crippen molar-refractivity contribution in [1.82, 2.24) is 15.1 Å². The largest absolute Gasteiger partial charge is 0.444 e. The summed E-state index contributed by atoms with van der Waals surface area (Å²) in [6.07, 6.45) is 1.37. The van der Waals surface area contributed by atoms with Crippen LogP contribution in [-0.2, 0) is 14.3 Å². The Balaban J connectivity index is 1.75. The van der Waals surface area contributed by atoms with Crippen LogP contribution in [0.5, 0.6) is 0 Å². The summed E-state index contributed by atoms with van der Waals surface area (Å²) in [7, 11) is 0. The lowest BCUT2D eigenvalue weighted by molar-refractivity contribution is -0.139. The van der Waals surface area contributed by atoms with Crippen molar-refractivity contribution in [2.24, 2.45) is 5.92 Å². The van der Waals surface area contributed by atoms with Crippen molar-refractivity contribution < 1.29 is 19.1 Å². The fourth-order valence-electron chi connectivity index (χ4n) is 3.97. The highest BCUT2D eigenvalue weighted by atomic mass is 16.6. The number of carbonyl (C=O) groups excluding carboxylic acids is 3. The third-order valence-electron chi connectivity index (χ3n) is 5.32. The molecule has 3 amide bonds. The van der Waals surface area contributed by atoms with Gasteiger partial charge in [0.15, 0.2) is 0 Å². The van der Waals surface area contributed by atoms with Crippen molar-refractivity contribution in [3.05, 3.63) is 35.9 Å². The monoisotopic (exact) mass is 401 g/mol. The molecule has 2 saturated heterocycles. The highest BCUT2D eigenvalue weighted by Gasteiger charge is 2.37. The van der Waals surface area contributed by atoms with Gasteiger partial charge in [0.2, 0.25) is 11.8 Å². The fraction of sp³-hybridized carbons (Fsp3) is 0.591. The SMILES string of the molecule is CC(C)(C)OC(=O)N1CCC[C@H](C(=O)N2CCNC(=O)C[C@H]2c2ccccc2)C1. The number of hydrogen-bond acceptors (Lipinski definition) is 4. The van der Waals surface area contributed by atoms with Crippen LogP contribution in [0.4, 0.5) is 4.79 Å². The molecule has 2 fully saturated rings. The summed E-state index contributed by atoms with van der Waals surface area (Å²) in [4.78, 5) is 41.5. The number of nitrogens with one attached hydrogen (secondary N) is 1. The summed E-state index contributed by atoms with van der Waals surface area (Å²) in [5, 5.41) is 2.87. The number of amides is 3. The van der Waals surface area contributed by atoms with E-state index in [1.54, 1.807) is 4.90 Å². The van der Waals surface area contributed by atoms with Gasteiger partial charge in [-0.15, -0.1) is 0 Å². The molecule has 1 aromatic rings. The van der Waals surface area contributed by atoms with Crippen molar-refractivity contribution in [2.75, 3.05) is 26.2 Å². The molecular weight excluding hydrogens is 370 g/mol. The number of piperidine rings is 1. The second-order valence-electron chi connectivity index (χ2n) is 8.78. The number of nitrogens with zero attached hydrogens (tertiary/aromatic N) is 2. The smallest absolute Gasteiger partial charge is 0.410 e. The van der Waals surface area contributed by atoms with Crippen molar-refractivity contribution in [1.29, 1.82) is 0 Å². The first-order valence-corrected chi connectivity index (χ1v) is 10.3. The number of rotatable bonds is 2. The summed E-state index contributed by atoms with van der Waals surface area (Å²) in [5.41, 5.74) is 0.390. The quantitative estimate of drug-likeness (QED) is 0.826. The summed E-state index contributed by atoms with van der Waals surface area (Å²) < 4.78 is 5.48. The van der Waals surface area contributed by atoms with E-state index in [9.17, 15) is 14.4 Å². The predicted molar refractivity (Wildman–Crippen MR) is 109 cm³/mol. The van der Waals surface area contributed by atoms with Gasteiger partial charge < -0.3 is 19.9 Å². The molecule has 2 aliphatic rings. The van der Waals surface area contributed by atoms with Gasteiger partial charge in [0, 0.05) is 26.2 Å². The standard InChI is InChI=1S/C22H31N3O4/c1-22(2,3)29-21(28)24-12-7-10-17(15-24)20(27)25-13-11-23-19(26)14-18(25)16-8-5-4-6-9-16/h4-6,8-9,17-18H,7,10-15H2,1-3H3,(H,23,26)/t17-,18-/m0/s1. The Morgan fingerprint density at radius 2 is 1.86 bits per heavy atom. The lowest BCUT2D eigenvalue weighted by Gasteiger charge is -2.37. The van der Waals surface area contributed by atoms with Gasteiger partial charge in [0.05, 0.1) is 18.4 Å². The maximum atomic E-state index is 13.5. The van der Waals surface area contributed by atoms with Crippen molar-refractivity contribution in [2.45, 2.75) is 51.7 Å². The summed E-state index contributed by atoms with van der Waals surface area (Å²) in [6, 6.07) is 9.39. The molecule has 0 bridgehead atoms. The molecule has 0 radical (unpaired) electrons. The molecule has 7 heteroatoms. The molecule has 0 spiro atoms. The molecule has 2 aliphatic heterocycles. The molecule has 29 heavy (non-hydrogen) atoms. The normalized spacial score (nSPS) is 23.2. The molecule has 158 valence electrons. The Kier molecular flexibility index (Phi) is 6.45. The van der Waals surface area contributed by atoms with Gasteiger partial charge in [0.1, 0.15) is 5.60 Å². The van der Waals surface area contributed by atoms with Crippen molar-refractivity contribution in [3.8, 4) is 0 Å². The number of hydrogen-bond donors (Lipinski definition) is 1. The molecule has 0 unspecified atom stereocenters. The van der Waals surface area contributed by atoms with Crippen LogP contribution in [0.1, 0.15) is 51.6 Å². The third kappa shape index (κ3) is 5.49. The summed E-state index contributed by atoms with van der Waals surface area (Å²) in [5.74, 6) is -0.326. The lowest BCUT2D eigenvalue weighted by atomic mass is 9.94. The minimum absolute atomic E-state index is 0.00334. The predicted octanol–water partition coefficient (Wildman–Crippen LogP) is 2.72. The highest BCUT2D eigenvalue weighted by molar-refractivity contribution is 5.83. The number of benzene rings is 1. The van der Waals surface area contributed by atoms with E-state index in [0.717, 1.165) is 18.4 Å². The van der Waals surface area contributed by atoms with Gasteiger partial charge in [-0.05, 0) is 39.2 Å². The minimum atomic E-state index is -0.566. The molecule has 1 N–H and O–H groups in total. The third-order valence-corrected chi connectivity index (χ3v) is 5.32.